The summed E-state index contributed by atoms with van der Waals surface area (Å²) in [6, 6.07) is 0.365. The zero-order valence-electron chi connectivity index (χ0n) is 11.5. The molecule has 0 amide bonds. The second-order valence-electron chi connectivity index (χ2n) is 5.24. The molecule has 100 valence electrons. The van der Waals surface area contributed by atoms with Crippen molar-refractivity contribution in [3.63, 3.8) is 0 Å². The molecule has 0 heterocycles. The number of methoxy groups -OCH3 is 1. The summed E-state index contributed by atoms with van der Waals surface area (Å²) in [5.74, 6) is 0.231. The highest BCUT2D eigenvalue weighted by molar-refractivity contribution is 5.76. The molecule has 1 aliphatic rings. The molecule has 1 aliphatic carbocycles. The van der Waals surface area contributed by atoms with Gasteiger partial charge in [0, 0.05) is 6.04 Å². The lowest BCUT2D eigenvalue weighted by atomic mass is 9.97. The highest BCUT2D eigenvalue weighted by atomic mass is 16.5. The van der Waals surface area contributed by atoms with E-state index in [2.05, 4.69) is 19.2 Å². The molecule has 0 radical (unpaired) electrons. The van der Waals surface area contributed by atoms with Gasteiger partial charge in [0.25, 0.3) is 0 Å². The molecule has 2 unspecified atom stereocenters. The second kappa shape index (κ2) is 7.70. The highest BCUT2D eigenvalue weighted by Gasteiger charge is 2.27. The Morgan fingerprint density at radius 1 is 1.29 bits per heavy atom. The molecule has 1 fully saturated rings. The Morgan fingerprint density at radius 3 is 2.35 bits per heavy atom. The number of hydrogen-bond donors (Lipinski definition) is 1. The quantitative estimate of drug-likeness (QED) is 0.594. The van der Waals surface area contributed by atoms with Crippen LogP contribution in [0.25, 0.3) is 0 Å². The van der Waals surface area contributed by atoms with E-state index in [1.54, 1.807) is 0 Å². The summed E-state index contributed by atoms with van der Waals surface area (Å²) >= 11 is 0. The number of carbonyl (C=O) groups excluding carboxylic acids is 1. The van der Waals surface area contributed by atoms with E-state index < -0.39 is 0 Å². The summed E-state index contributed by atoms with van der Waals surface area (Å²) < 4.78 is 4.91. The van der Waals surface area contributed by atoms with Gasteiger partial charge in [0.1, 0.15) is 6.04 Å². The van der Waals surface area contributed by atoms with E-state index in [0.29, 0.717) is 12.0 Å². The maximum absolute atomic E-state index is 11.8. The standard InChI is InChI=1S/C14H27NO2/c1-4-11(2)13(14(16)17-3)15-12-9-7-5-6-8-10-12/h11-13,15H,4-10H2,1-3H3. The molecular formula is C14H27NO2. The predicted octanol–water partition coefficient (Wildman–Crippen LogP) is 2.89. The van der Waals surface area contributed by atoms with Crippen LogP contribution in [0.5, 0.6) is 0 Å². The first-order chi connectivity index (χ1) is 8.19. The van der Waals surface area contributed by atoms with Crippen LogP contribution in [0.15, 0.2) is 0 Å². The van der Waals surface area contributed by atoms with Crippen LogP contribution in [0.1, 0.15) is 58.8 Å². The van der Waals surface area contributed by atoms with Crippen LogP contribution in [-0.4, -0.2) is 25.2 Å². The lowest BCUT2D eigenvalue weighted by Crippen LogP contribution is -2.47. The monoisotopic (exact) mass is 241 g/mol. The number of rotatable bonds is 5. The van der Waals surface area contributed by atoms with Crippen LogP contribution in [-0.2, 0) is 9.53 Å². The lowest BCUT2D eigenvalue weighted by molar-refractivity contribution is -0.144. The minimum atomic E-state index is -0.131. The molecule has 0 aromatic rings. The Balaban J connectivity index is 2.54. The van der Waals surface area contributed by atoms with Crippen molar-refractivity contribution < 1.29 is 9.53 Å². The number of ether oxygens (including phenoxy) is 1. The van der Waals surface area contributed by atoms with Crippen molar-refractivity contribution in [3.05, 3.63) is 0 Å². The van der Waals surface area contributed by atoms with E-state index in [0.717, 1.165) is 6.42 Å². The summed E-state index contributed by atoms with van der Waals surface area (Å²) in [5, 5.41) is 3.52. The molecule has 3 heteroatoms. The number of carbonyl (C=O) groups is 1. The van der Waals surface area contributed by atoms with Crippen molar-refractivity contribution in [1.29, 1.82) is 0 Å². The summed E-state index contributed by atoms with van der Waals surface area (Å²) in [6.45, 7) is 4.24. The minimum absolute atomic E-state index is 0.108. The largest absolute Gasteiger partial charge is 0.468 e. The van der Waals surface area contributed by atoms with Crippen molar-refractivity contribution in [2.75, 3.05) is 7.11 Å². The molecule has 0 aromatic carbocycles. The van der Waals surface area contributed by atoms with Gasteiger partial charge in [-0.25, -0.2) is 0 Å². The molecule has 1 N–H and O–H groups in total. The molecule has 0 bridgehead atoms. The number of nitrogens with one attached hydrogen (secondary N) is 1. The first-order valence-electron chi connectivity index (χ1n) is 7.03. The Hall–Kier alpha value is -0.570. The molecule has 3 nitrogen and oxygen atoms in total. The Kier molecular flexibility index (Phi) is 6.56. The summed E-state index contributed by atoms with van der Waals surface area (Å²) in [7, 11) is 1.48. The molecule has 0 spiro atoms. The summed E-state index contributed by atoms with van der Waals surface area (Å²) in [4.78, 5) is 11.8. The number of esters is 1. The minimum Gasteiger partial charge on any atom is -0.468 e. The van der Waals surface area contributed by atoms with Gasteiger partial charge in [-0.3, -0.25) is 4.79 Å². The van der Waals surface area contributed by atoms with Crippen LogP contribution < -0.4 is 5.32 Å². The van der Waals surface area contributed by atoms with Gasteiger partial charge < -0.3 is 10.1 Å². The third kappa shape index (κ3) is 4.66. The van der Waals surface area contributed by atoms with Crippen LogP contribution in [0.3, 0.4) is 0 Å². The Bertz CT molecular complexity index is 222. The van der Waals surface area contributed by atoms with Crippen molar-refractivity contribution in [2.45, 2.75) is 70.9 Å². The zero-order chi connectivity index (χ0) is 12.7. The van der Waals surface area contributed by atoms with Crippen LogP contribution >= 0.6 is 0 Å². The average molecular weight is 241 g/mol. The average Bonchev–Trinajstić information content (AvgIpc) is 2.62. The summed E-state index contributed by atoms with van der Waals surface area (Å²) in [5.41, 5.74) is 0. The fourth-order valence-electron chi connectivity index (χ4n) is 2.53. The van der Waals surface area contributed by atoms with E-state index in [1.807, 2.05) is 0 Å². The van der Waals surface area contributed by atoms with Crippen molar-refractivity contribution in [2.24, 2.45) is 5.92 Å². The SMILES string of the molecule is CCC(C)C(NC1CCCCCC1)C(=O)OC. The van der Waals surface area contributed by atoms with E-state index in [4.69, 9.17) is 4.74 Å². The molecule has 17 heavy (non-hydrogen) atoms. The molecule has 0 aliphatic heterocycles. The second-order valence-corrected chi connectivity index (χ2v) is 5.24. The van der Waals surface area contributed by atoms with Crippen LogP contribution in [0, 0.1) is 5.92 Å². The van der Waals surface area contributed by atoms with Gasteiger partial charge >= 0.3 is 5.97 Å². The van der Waals surface area contributed by atoms with Gasteiger partial charge in [0.05, 0.1) is 7.11 Å². The first kappa shape index (κ1) is 14.5. The van der Waals surface area contributed by atoms with Gasteiger partial charge in [-0.15, -0.1) is 0 Å². The topological polar surface area (TPSA) is 38.3 Å². The van der Waals surface area contributed by atoms with Gasteiger partial charge in [0.2, 0.25) is 0 Å². The zero-order valence-corrected chi connectivity index (χ0v) is 11.5. The van der Waals surface area contributed by atoms with E-state index >= 15 is 0 Å². The van der Waals surface area contributed by atoms with E-state index in [9.17, 15) is 4.79 Å². The normalized spacial score (nSPS) is 21.6. The fourth-order valence-corrected chi connectivity index (χ4v) is 2.53. The molecular weight excluding hydrogens is 214 g/mol. The number of hydrogen-bond acceptors (Lipinski definition) is 3. The Labute approximate surface area is 105 Å². The maximum Gasteiger partial charge on any atom is 0.323 e. The van der Waals surface area contributed by atoms with Crippen LogP contribution in [0.4, 0.5) is 0 Å². The molecule has 0 aromatic heterocycles. The van der Waals surface area contributed by atoms with Gasteiger partial charge in [-0.05, 0) is 18.8 Å². The molecule has 2 atom stereocenters. The third-order valence-corrected chi connectivity index (χ3v) is 3.94. The van der Waals surface area contributed by atoms with Crippen LogP contribution in [0.2, 0.25) is 0 Å². The lowest BCUT2D eigenvalue weighted by Gasteiger charge is -2.27. The Morgan fingerprint density at radius 2 is 1.88 bits per heavy atom. The summed E-state index contributed by atoms with van der Waals surface area (Å²) in [6.07, 6.45) is 8.64. The highest BCUT2D eigenvalue weighted by Crippen LogP contribution is 2.19. The fraction of sp³-hybridized carbons (Fsp3) is 0.929. The molecule has 1 saturated carbocycles. The maximum atomic E-state index is 11.8. The van der Waals surface area contributed by atoms with Crippen molar-refractivity contribution in [3.8, 4) is 0 Å². The van der Waals surface area contributed by atoms with Gasteiger partial charge in [0.15, 0.2) is 0 Å². The predicted molar refractivity (Wildman–Crippen MR) is 69.9 cm³/mol. The smallest absolute Gasteiger partial charge is 0.323 e. The van der Waals surface area contributed by atoms with Gasteiger partial charge in [-0.1, -0.05) is 46.0 Å². The van der Waals surface area contributed by atoms with Crippen molar-refractivity contribution in [1.82, 2.24) is 5.32 Å². The molecule has 1 rings (SSSR count). The van der Waals surface area contributed by atoms with Gasteiger partial charge in [-0.2, -0.15) is 0 Å². The van der Waals surface area contributed by atoms with E-state index in [-0.39, 0.29) is 12.0 Å². The first-order valence-corrected chi connectivity index (χ1v) is 7.03. The van der Waals surface area contributed by atoms with E-state index in [1.165, 1.54) is 45.6 Å². The van der Waals surface area contributed by atoms with Crippen molar-refractivity contribution >= 4 is 5.97 Å². The molecule has 0 saturated heterocycles. The third-order valence-electron chi connectivity index (χ3n) is 3.94.